The van der Waals surface area contributed by atoms with E-state index in [0.29, 0.717) is 34.6 Å². The number of rotatable bonds is 9. The summed E-state index contributed by atoms with van der Waals surface area (Å²) >= 11 is 0. The first kappa shape index (κ1) is 42.3. The lowest BCUT2D eigenvalue weighted by Gasteiger charge is -2.15. The minimum Gasteiger partial charge on any atom is -0.244 e. The summed E-state index contributed by atoms with van der Waals surface area (Å²) < 4.78 is 0. The second-order valence-corrected chi connectivity index (χ2v) is 17.9. The number of nitrogens with zero attached hydrogens (tertiary/aromatic N) is 6. The second kappa shape index (κ2) is 18.3. The molecule has 13 rings (SSSR count). The monoisotopic (exact) mass is 918 g/mol. The van der Waals surface area contributed by atoms with Gasteiger partial charge in [0.2, 0.25) is 0 Å². The number of aromatic nitrogens is 6. The Labute approximate surface area is 416 Å². The van der Waals surface area contributed by atoms with Gasteiger partial charge in [-0.15, -0.1) is 0 Å². The van der Waals surface area contributed by atoms with Crippen LogP contribution in [0.5, 0.6) is 0 Å². The van der Waals surface area contributed by atoms with Gasteiger partial charge in [-0.25, -0.2) is 29.9 Å². The molecule has 0 atom stereocenters. The molecule has 9 aromatic carbocycles. The summed E-state index contributed by atoms with van der Waals surface area (Å²) in [5, 5.41) is 6.86. The van der Waals surface area contributed by atoms with Crippen molar-refractivity contribution in [3.05, 3.63) is 255 Å². The van der Waals surface area contributed by atoms with E-state index in [1.165, 1.54) is 0 Å². The van der Waals surface area contributed by atoms with Crippen molar-refractivity contribution in [2.75, 3.05) is 0 Å². The van der Waals surface area contributed by atoms with Crippen molar-refractivity contribution in [1.82, 2.24) is 29.9 Å². The van der Waals surface area contributed by atoms with Gasteiger partial charge in [-0.2, -0.15) is 0 Å². The Bertz CT molecular complexity index is 3700. The van der Waals surface area contributed by atoms with Crippen molar-refractivity contribution in [1.29, 1.82) is 0 Å². The zero-order chi connectivity index (χ0) is 47.8. The summed E-state index contributed by atoms with van der Waals surface area (Å²) in [6, 6.07) is 88.3. The topological polar surface area (TPSA) is 77.3 Å². The van der Waals surface area contributed by atoms with Gasteiger partial charge in [0.25, 0.3) is 0 Å². The van der Waals surface area contributed by atoms with Crippen molar-refractivity contribution in [3.63, 3.8) is 0 Å². The minimum absolute atomic E-state index is 0.395. The molecule has 0 fully saturated rings. The molecule has 0 N–H and O–H groups in total. The van der Waals surface area contributed by atoms with Crippen molar-refractivity contribution >= 4 is 32.3 Å². The maximum Gasteiger partial charge on any atom is 0.182 e. The number of benzene rings is 9. The lowest BCUT2D eigenvalue weighted by Crippen LogP contribution is -2.05. The van der Waals surface area contributed by atoms with Crippen LogP contribution in [0.25, 0.3) is 134 Å². The third-order valence-electron chi connectivity index (χ3n) is 13.3. The van der Waals surface area contributed by atoms with Crippen LogP contribution in [0.4, 0.5) is 0 Å². The van der Waals surface area contributed by atoms with Crippen LogP contribution >= 0.6 is 0 Å². The minimum atomic E-state index is 0.395. The van der Waals surface area contributed by atoms with E-state index in [1.54, 1.807) is 0 Å². The molecule has 0 bridgehead atoms. The summed E-state index contributed by atoms with van der Waals surface area (Å²) in [6.45, 7) is 0. The van der Waals surface area contributed by atoms with Crippen molar-refractivity contribution in [2.24, 2.45) is 0 Å². The number of hydrogen-bond acceptors (Lipinski definition) is 6. The fourth-order valence-electron chi connectivity index (χ4n) is 9.82. The van der Waals surface area contributed by atoms with Crippen molar-refractivity contribution < 1.29 is 0 Å². The molecule has 6 heteroatoms. The van der Waals surface area contributed by atoms with Gasteiger partial charge in [0.1, 0.15) is 17.1 Å². The highest BCUT2D eigenvalue weighted by atomic mass is 15.1. The Kier molecular flexibility index (Phi) is 10.7. The molecule has 0 aliphatic carbocycles. The molecule has 13 aromatic rings. The van der Waals surface area contributed by atoms with E-state index < -0.39 is 0 Å². The van der Waals surface area contributed by atoms with E-state index in [9.17, 15) is 0 Å². The van der Waals surface area contributed by atoms with Gasteiger partial charge in [0.05, 0.1) is 17.1 Å². The Balaban J connectivity index is 1.10. The molecule has 0 spiro atoms. The van der Waals surface area contributed by atoms with Gasteiger partial charge in [-0.3, -0.25) is 0 Å². The molecule has 6 nitrogen and oxygen atoms in total. The summed E-state index contributed by atoms with van der Waals surface area (Å²) in [6.07, 6.45) is 0. The normalized spacial score (nSPS) is 11.3. The fraction of sp³-hybridized carbons (Fsp3) is 0. The van der Waals surface area contributed by atoms with E-state index in [4.69, 9.17) is 29.9 Å². The zero-order valence-electron chi connectivity index (χ0n) is 38.9. The predicted molar refractivity (Wildman–Crippen MR) is 295 cm³/mol. The van der Waals surface area contributed by atoms with E-state index in [0.717, 1.165) is 99.5 Å². The molecule has 0 amide bonds. The predicted octanol–water partition coefficient (Wildman–Crippen LogP) is 16.5. The molecular weight excluding hydrogens is 877 g/mol. The van der Waals surface area contributed by atoms with Gasteiger partial charge in [-0.1, -0.05) is 218 Å². The molecule has 336 valence electrons. The highest BCUT2D eigenvalue weighted by Gasteiger charge is 2.21. The molecule has 4 heterocycles. The highest BCUT2D eigenvalue weighted by molar-refractivity contribution is 6.00. The van der Waals surface area contributed by atoms with Crippen molar-refractivity contribution in [3.8, 4) is 102 Å². The van der Waals surface area contributed by atoms with Gasteiger partial charge < -0.3 is 0 Å². The average molecular weight is 919 g/mol. The van der Waals surface area contributed by atoms with Gasteiger partial charge >= 0.3 is 0 Å². The second-order valence-electron chi connectivity index (χ2n) is 17.9. The first-order valence-corrected chi connectivity index (χ1v) is 24.1. The Morgan fingerprint density at radius 2 is 0.431 bits per heavy atom. The van der Waals surface area contributed by atoms with Crippen LogP contribution in [-0.4, -0.2) is 29.9 Å². The largest absolute Gasteiger partial charge is 0.244 e. The average Bonchev–Trinajstić information content (AvgIpc) is 3.47. The molecule has 0 unspecified atom stereocenters. The van der Waals surface area contributed by atoms with Crippen LogP contribution in [0.15, 0.2) is 255 Å². The molecule has 0 radical (unpaired) electrons. The summed E-state index contributed by atoms with van der Waals surface area (Å²) in [7, 11) is 0. The highest BCUT2D eigenvalue weighted by Crippen LogP contribution is 2.39. The van der Waals surface area contributed by atoms with Crippen LogP contribution in [0, 0.1) is 0 Å². The van der Waals surface area contributed by atoms with Crippen molar-refractivity contribution in [2.45, 2.75) is 0 Å². The molecular formula is C66H42N6. The summed E-state index contributed by atoms with van der Waals surface area (Å²) in [5.74, 6) is 1.18. The zero-order valence-corrected chi connectivity index (χ0v) is 38.9. The maximum absolute atomic E-state index is 5.39. The SMILES string of the molecule is c1ccc(-c2cc(-c3cccc4ccccc34)cc(-c3nc(-c4cc(-c5cccc6ccccc56)cc(-c5ccccc5)n4)nc(-c4cc(-c5cccc6ccccc56)cc(-c5ccccc5)n4)n3)n2)cc1. The standard InChI is InChI=1S/C66H42N6/c1-4-22-46(23-5-1)58-37-49(55-34-16-28-43-19-10-13-31-52(43)55)40-61(67-58)64-70-65(62-41-50(38-59(68-62)47-24-6-2-7-25-47)56-35-17-29-44-20-11-14-32-53(44)56)72-66(71-64)63-42-51(39-60(69-63)48-26-8-3-9-27-48)57-36-18-30-45-21-12-15-33-54(45)57/h1-42H. The van der Waals surface area contributed by atoms with Gasteiger partial charge in [-0.05, 0) is 102 Å². The van der Waals surface area contributed by atoms with Crippen LogP contribution in [0.2, 0.25) is 0 Å². The van der Waals surface area contributed by atoms with Crippen LogP contribution in [-0.2, 0) is 0 Å². The van der Waals surface area contributed by atoms with E-state index >= 15 is 0 Å². The Hall–Kier alpha value is -9.78. The Morgan fingerprint density at radius 1 is 0.181 bits per heavy atom. The molecule has 0 saturated heterocycles. The van der Waals surface area contributed by atoms with Gasteiger partial charge in [0.15, 0.2) is 17.5 Å². The smallest absolute Gasteiger partial charge is 0.182 e. The fourth-order valence-corrected chi connectivity index (χ4v) is 9.82. The first-order valence-electron chi connectivity index (χ1n) is 24.1. The molecule has 4 aromatic heterocycles. The Morgan fingerprint density at radius 3 is 0.736 bits per heavy atom. The number of fused-ring (bicyclic) bond motifs is 3. The van der Waals surface area contributed by atoms with E-state index in [-0.39, 0.29) is 0 Å². The summed E-state index contributed by atoms with van der Waals surface area (Å²) in [5.41, 5.74) is 13.3. The van der Waals surface area contributed by atoms with Crippen LogP contribution in [0.1, 0.15) is 0 Å². The van der Waals surface area contributed by atoms with Crippen LogP contribution in [0.3, 0.4) is 0 Å². The lowest BCUT2D eigenvalue weighted by molar-refractivity contribution is 1.04. The first-order chi connectivity index (χ1) is 35.6. The summed E-state index contributed by atoms with van der Waals surface area (Å²) in [4.78, 5) is 32.3. The quantitative estimate of drug-likeness (QED) is 0.144. The maximum atomic E-state index is 5.39. The van der Waals surface area contributed by atoms with E-state index in [2.05, 4.69) is 200 Å². The van der Waals surface area contributed by atoms with Gasteiger partial charge in [0, 0.05) is 16.7 Å². The van der Waals surface area contributed by atoms with Crippen LogP contribution < -0.4 is 0 Å². The van der Waals surface area contributed by atoms with E-state index in [1.807, 2.05) is 54.6 Å². The molecule has 0 saturated carbocycles. The molecule has 0 aliphatic rings. The lowest BCUT2D eigenvalue weighted by atomic mass is 9.96. The number of hydrogen-bond donors (Lipinski definition) is 0. The molecule has 72 heavy (non-hydrogen) atoms. The number of pyridine rings is 3. The molecule has 0 aliphatic heterocycles. The third-order valence-corrected chi connectivity index (χ3v) is 13.3. The third kappa shape index (κ3) is 8.13.